The van der Waals surface area contributed by atoms with Gasteiger partial charge in [-0.2, -0.15) is 0 Å². The summed E-state index contributed by atoms with van der Waals surface area (Å²) >= 11 is 14.6. The number of hydrogen-bond donors (Lipinski definition) is 0. The van der Waals surface area contributed by atoms with E-state index in [1.807, 2.05) is 0 Å². The van der Waals surface area contributed by atoms with E-state index in [2.05, 4.69) is 0 Å². The summed E-state index contributed by atoms with van der Waals surface area (Å²) in [7, 11) is 0. The standard InChI is InChI=1S/AsH3.Cl3P/c;1-4(2)3/h1H3;. The molecular weight excluding hydrogens is 212 g/mol. The molecule has 0 fully saturated rings. The molecule has 0 aliphatic rings. The Labute approximate surface area is 57.6 Å². The topological polar surface area (TPSA) is 0 Å². The molecule has 0 heterocycles. The van der Waals surface area contributed by atoms with E-state index < -0.39 is 5.98 Å². The van der Waals surface area contributed by atoms with Crippen LogP contribution in [0.15, 0.2) is 0 Å². The van der Waals surface area contributed by atoms with Gasteiger partial charge >= 0.3 is 18.0 Å². The Morgan fingerprint density at radius 2 is 1.00 bits per heavy atom. The second-order valence-corrected chi connectivity index (χ2v) is 5.17. The van der Waals surface area contributed by atoms with E-state index in [0.29, 0.717) is 0 Å². The van der Waals surface area contributed by atoms with Crippen molar-refractivity contribution in [1.82, 2.24) is 0 Å². The van der Waals surface area contributed by atoms with Gasteiger partial charge < -0.3 is 0 Å². The van der Waals surface area contributed by atoms with Gasteiger partial charge in [0.25, 0.3) is 0 Å². The van der Waals surface area contributed by atoms with E-state index >= 15 is 0 Å². The molecule has 0 spiro atoms. The number of rotatable bonds is 0. The summed E-state index contributed by atoms with van der Waals surface area (Å²) < 4.78 is 0. The molecule has 0 rings (SSSR count). The fourth-order valence-electron chi connectivity index (χ4n) is 0. The van der Waals surface area contributed by atoms with Gasteiger partial charge in [0, 0.05) is 0 Å². The van der Waals surface area contributed by atoms with Crippen LogP contribution in [0.5, 0.6) is 0 Å². The minimum atomic E-state index is -1.20. The predicted molar refractivity (Wildman–Crippen MR) is 34.4 cm³/mol. The summed E-state index contributed by atoms with van der Waals surface area (Å²) in [5.41, 5.74) is 0. The first-order valence-corrected chi connectivity index (χ1v) is 4.56. The molecule has 0 aliphatic heterocycles. The first-order chi connectivity index (χ1) is 1.73. The fraction of sp³-hybridized carbons (Fsp3) is 0. The van der Waals surface area contributed by atoms with Crippen molar-refractivity contribution in [3.63, 3.8) is 0 Å². The van der Waals surface area contributed by atoms with Crippen LogP contribution < -0.4 is 0 Å². The van der Waals surface area contributed by atoms with Crippen molar-refractivity contribution in [1.29, 1.82) is 0 Å². The maximum atomic E-state index is 4.87. The van der Waals surface area contributed by atoms with Gasteiger partial charge in [-0.15, -0.1) is 0 Å². The quantitative estimate of drug-likeness (QED) is 0.426. The summed E-state index contributed by atoms with van der Waals surface area (Å²) in [6.45, 7) is 0. The Morgan fingerprint density at radius 1 is 1.00 bits per heavy atom. The van der Waals surface area contributed by atoms with Crippen molar-refractivity contribution < 1.29 is 0 Å². The van der Waals surface area contributed by atoms with E-state index in [9.17, 15) is 0 Å². The summed E-state index contributed by atoms with van der Waals surface area (Å²) in [6, 6.07) is 0. The van der Waals surface area contributed by atoms with Gasteiger partial charge in [-0.05, 0) is 0 Å². The van der Waals surface area contributed by atoms with E-state index in [-0.39, 0.29) is 18.0 Å². The second kappa shape index (κ2) is 5.86. The Kier molecular flexibility index (Phi) is 11.7. The van der Waals surface area contributed by atoms with Crippen molar-refractivity contribution >= 4 is 57.7 Å². The Morgan fingerprint density at radius 3 is 1.00 bits per heavy atom. The molecule has 0 aromatic rings. The molecule has 0 radical (unpaired) electrons. The van der Waals surface area contributed by atoms with Crippen LogP contribution in [0.2, 0.25) is 0 Å². The molecule has 0 aromatic heterocycles. The van der Waals surface area contributed by atoms with E-state index in [1.54, 1.807) is 0 Å². The summed E-state index contributed by atoms with van der Waals surface area (Å²) in [5.74, 6) is -1.20. The first-order valence-electron chi connectivity index (χ1n) is 0.507. The summed E-state index contributed by atoms with van der Waals surface area (Å²) in [5, 5.41) is 0. The van der Waals surface area contributed by atoms with Crippen molar-refractivity contribution in [3.8, 4) is 0 Å². The van der Waals surface area contributed by atoms with Gasteiger partial charge in [0.15, 0.2) is 5.98 Å². The van der Waals surface area contributed by atoms with Crippen molar-refractivity contribution in [3.05, 3.63) is 0 Å². The Bertz CT molecular complexity index is 11.6. The molecule has 5 heteroatoms. The monoisotopic (exact) mass is 214 g/mol. The van der Waals surface area contributed by atoms with Crippen LogP contribution in [-0.4, -0.2) is 18.0 Å². The van der Waals surface area contributed by atoms with Crippen LogP contribution in [0.4, 0.5) is 0 Å². The third kappa shape index (κ3) is 25.3. The molecule has 0 amide bonds. The van der Waals surface area contributed by atoms with Gasteiger partial charge in [0.05, 0.1) is 0 Å². The van der Waals surface area contributed by atoms with Gasteiger partial charge in [-0.1, -0.05) is 33.7 Å². The van der Waals surface area contributed by atoms with E-state index in [0.717, 1.165) is 0 Å². The van der Waals surface area contributed by atoms with Crippen LogP contribution in [0.1, 0.15) is 0 Å². The number of hydrogen-bond acceptors (Lipinski definition) is 0. The van der Waals surface area contributed by atoms with Crippen LogP contribution in [-0.2, 0) is 0 Å². The molecule has 0 aliphatic carbocycles. The fourth-order valence-corrected chi connectivity index (χ4v) is 0. The zero-order chi connectivity index (χ0) is 3.58. The van der Waals surface area contributed by atoms with Crippen LogP contribution in [0.3, 0.4) is 0 Å². The molecule has 0 saturated heterocycles. The minimum absolute atomic E-state index is 0. The van der Waals surface area contributed by atoms with Gasteiger partial charge in [0.1, 0.15) is 0 Å². The van der Waals surface area contributed by atoms with Crippen molar-refractivity contribution in [2.75, 3.05) is 0 Å². The predicted octanol–water partition coefficient (Wildman–Crippen LogP) is 1.75. The SMILES string of the molecule is ClP(Cl)Cl.[AsH3]. The van der Waals surface area contributed by atoms with Crippen LogP contribution in [0, 0.1) is 0 Å². The molecule has 34 valence electrons. The van der Waals surface area contributed by atoms with Crippen LogP contribution in [0.25, 0.3) is 0 Å². The second-order valence-electron chi connectivity index (χ2n) is 0.192. The summed E-state index contributed by atoms with van der Waals surface area (Å²) in [4.78, 5) is 0. The van der Waals surface area contributed by atoms with Crippen molar-refractivity contribution in [2.24, 2.45) is 0 Å². The normalized spacial score (nSPS) is 7.20. The molecule has 1 atom stereocenters. The van der Waals surface area contributed by atoms with E-state index in [1.165, 1.54) is 0 Å². The van der Waals surface area contributed by atoms with Crippen LogP contribution >= 0.6 is 39.7 Å². The molecule has 1 unspecified atom stereocenters. The molecule has 0 nitrogen and oxygen atoms in total. The zero-order valence-electron chi connectivity index (χ0n) is 2.29. The molecule has 0 bridgehead atoms. The van der Waals surface area contributed by atoms with Crippen molar-refractivity contribution in [2.45, 2.75) is 0 Å². The average molecular weight is 215 g/mol. The molecule has 5 heavy (non-hydrogen) atoms. The summed E-state index contributed by atoms with van der Waals surface area (Å²) in [6.07, 6.45) is 0. The average Bonchev–Trinajstić information content (AvgIpc) is 0.811. The van der Waals surface area contributed by atoms with Gasteiger partial charge in [0.2, 0.25) is 0 Å². The van der Waals surface area contributed by atoms with Gasteiger partial charge in [-0.25, -0.2) is 0 Å². The molecule has 0 N–H and O–H groups in total. The Balaban J connectivity index is 0. The third-order valence-electron chi connectivity index (χ3n) is 0. The number of halogens is 3. The maximum absolute atomic E-state index is 4.87. The van der Waals surface area contributed by atoms with Gasteiger partial charge in [-0.3, -0.25) is 0 Å². The molecular formula is H3AsCl3P. The molecule has 0 aromatic carbocycles. The Hall–Kier alpha value is 1.86. The zero-order valence-corrected chi connectivity index (χ0v) is 8.42. The first kappa shape index (κ1) is 9.97. The molecule has 0 saturated carbocycles. The van der Waals surface area contributed by atoms with E-state index in [4.69, 9.17) is 33.7 Å². The third-order valence-corrected chi connectivity index (χ3v) is 0.